The van der Waals surface area contributed by atoms with Gasteiger partial charge in [0.15, 0.2) is 0 Å². The zero-order chi connectivity index (χ0) is 90.5. The van der Waals surface area contributed by atoms with E-state index in [2.05, 4.69) is 193 Å². The van der Waals surface area contributed by atoms with E-state index in [1.54, 1.807) is 51.1 Å². The molecule has 5 aliphatic rings. The normalized spacial score (nSPS) is 17.0. The van der Waals surface area contributed by atoms with E-state index in [4.69, 9.17) is 80.8 Å². The van der Waals surface area contributed by atoms with Gasteiger partial charge in [-0.3, -0.25) is 30.5 Å². The van der Waals surface area contributed by atoms with Crippen molar-refractivity contribution in [2.24, 2.45) is 27.1 Å². The van der Waals surface area contributed by atoms with Crippen LogP contribution in [0.5, 0.6) is 11.5 Å². The number of pyridine rings is 2. The van der Waals surface area contributed by atoms with Crippen molar-refractivity contribution in [1.82, 2.24) is 111 Å². The molecule has 5 N–H and O–H groups in total. The molecule has 34 heteroatoms. The van der Waals surface area contributed by atoms with Gasteiger partial charge in [0.2, 0.25) is 28.2 Å². The standard InChI is InChI=1S/C21H27N5O.C20H24ClN5O.C18H19ClFN5.2C18H21ClN6/c1-5-21(3)6-8-26(9-7-21)17-13-22-19-18(24-25-20(19)23-17)15-10-14(2)11-16(12-15)27-4;1-4-20(2)7-9-26(10-8-20)16-12-22-18-17(24-25-19(18)23-16)13-5-6-14(21)15(11-13)27-3;1-18(2)6-8-25(9-7-18)13-10-21-16-15(23-24-17(16)22-13)14-11(19)4-3-5-12(14)20;1-3-18(2)5-8-25(9-6-18)14-11-21-16-15(23-24-17(16)22-14)12-4-7-20-10-13(12)19;1-3-18(2)6-9-25(10-7-18)13-11-21-15-14(23-24-17(15)22-13)12-5-4-8-20-16(12)19/h10-13H,5-9H2,1-4H3,(H,23,24,25);5-6,11-12H,4,7-10H2,1-3H3,(H,23,24,25);3-5,10H,6-9H2,1-2H3,(H,22,23,24);4,7,10-11H,3,5-6,8-9H2,1-2H3,(H,22,23,24);4-5,8,11H,3,6-7,9-10H2,1-2H3,(H,22,23,24). The second-order valence-electron chi connectivity index (χ2n) is 36.6. The summed E-state index contributed by atoms with van der Waals surface area (Å²) in [6, 6.07) is 21.9. The Hall–Kier alpha value is -11.6. The number of anilines is 5. The largest absolute Gasteiger partial charge is 0.497 e. The summed E-state index contributed by atoms with van der Waals surface area (Å²) >= 11 is 24.7. The van der Waals surface area contributed by atoms with Gasteiger partial charge in [0.1, 0.15) is 79.1 Å². The molecular formula is C95H112Cl4FN27O2. The molecule has 17 heterocycles. The minimum atomic E-state index is -0.415. The van der Waals surface area contributed by atoms with Crippen molar-refractivity contribution in [3.63, 3.8) is 0 Å². The lowest BCUT2D eigenvalue weighted by atomic mass is 9.78. The summed E-state index contributed by atoms with van der Waals surface area (Å²) in [4.78, 5) is 66.2. The monoisotopic (exact) mass is 1820 g/mol. The maximum atomic E-state index is 14.2. The number of hydrogen-bond donors (Lipinski definition) is 5. The third-order valence-corrected chi connectivity index (χ3v) is 28.8. The number of aromatic amines is 5. The Balaban J connectivity index is 0.000000118. The summed E-state index contributed by atoms with van der Waals surface area (Å²) in [5.74, 6) is 5.43. The molecule has 5 saturated heterocycles. The third-order valence-electron chi connectivity index (χ3n) is 27.6. The SMILES string of the molecule is CC1(C)CCN(c2cnc3c(-c4c(F)cccc4Cl)[nH]nc3n2)CC1.CCC1(C)CCN(c2cnc3c(-c4cc(C)cc(OC)c4)[nH]nc3n2)CC1.CCC1(C)CCN(c2cnc3c(-c4ccc(Cl)c(OC)c4)[nH]nc3n2)CC1.CCC1(C)CCN(c2cnc3c(-c4cccnc4Cl)[nH]nc3n2)CC1.CCC1(C)CCN(c2cnc3c(-c4ccncc4Cl)[nH]nc3n2)CC1. The van der Waals surface area contributed by atoms with Crippen LogP contribution in [0.3, 0.4) is 0 Å². The Morgan fingerprint density at radius 1 is 0.372 bits per heavy atom. The number of halogens is 5. The van der Waals surface area contributed by atoms with Gasteiger partial charge in [-0.05, 0) is 164 Å². The first-order valence-corrected chi connectivity index (χ1v) is 46.1. The Bertz CT molecular complexity index is 6260. The second-order valence-corrected chi connectivity index (χ2v) is 38.2. The average molecular weight is 1820 g/mol. The number of nitrogens with one attached hydrogen (secondary N) is 5. The third kappa shape index (κ3) is 20.1. The van der Waals surface area contributed by atoms with Crippen LogP contribution in [-0.4, -0.2) is 190 Å². The molecule has 0 unspecified atom stereocenters. The van der Waals surface area contributed by atoms with E-state index in [1.807, 2.05) is 73.3 Å². The zero-order valence-corrected chi connectivity index (χ0v) is 78.6. The molecular weight excluding hydrogens is 1710 g/mol. The molecule has 0 bridgehead atoms. The van der Waals surface area contributed by atoms with Gasteiger partial charge >= 0.3 is 0 Å². The van der Waals surface area contributed by atoms with Crippen LogP contribution in [0.25, 0.3) is 112 Å². The maximum absolute atomic E-state index is 14.2. The van der Waals surface area contributed by atoms with Gasteiger partial charge in [0.25, 0.3) is 0 Å². The van der Waals surface area contributed by atoms with E-state index in [0.717, 1.165) is 180 Å². The highest BCUT2D eigenvalue weighted by atomic mass is 35.5. The number of methoxy groups -OCH3 is 2. The molecule has 129 heavy (non-hydrogen) atoms. The molecule has 0 atom stereocenters. The van der Waals surface area contributed by atoms with E-state index in [1.165, 1.54) is 83.1 Å². The van der Waals surface area contributed by atoms with Crippen molar-refractivity contribution in [3.8, 4) is 67.8 Å². The van der Waals surface area contributed by atoms with Gasteiger partial charge in [0.05, 0.1) is 94.3 Å². The fourth-order valence-electron chi connectivity index (χ4n) is 17.2. The van der Waals surface area contributed by atoms with E-state index < -0.39 is 5.82 Å². The summed E-state index contributed by atoms with van der Waals surface area (Å²) in [5.41, 5.74) is 17.3. The van der Waals surface area contributed by atoms with Crippen LogP contribution in [0, 0.1) is 39.8 Å². The number of rotatable bonds is 16. The number of fused-ring (bicyclic) bond motifs is 5. The number of hydrogen-bond acceptors (Lipinski definition) is 24. The predicted molar refractivity (Wildman–Crippen MR) is 514 cm³/mol. The number of benzene rings is 3. The topological polar surface area (TPSA) is 333 Å². The highest BCUT2D eigenvalue weighted by molar-refractivity contribution is 6.34. The first kappa shape index (κ1) is 90.7. The fraction of sp³-hybridized carbons (Fsp3) is 0.442. The molecule has 20 rings (SSSR count). The Labute approximate surface area is 770 Å². The minimum Gasteiger partial charge on any atom is -0.497 e. The Morgan fingerprint density at radius 2 is 0.760 bits per heavy atom. The number of aromatic nitrogens is 22. The maximum Gasteiger partial charge on any atom is 0.202 e. The van der Waals surface area contributed by atoms with Crippen LogP contribution in [0.2, 0.25) is 20.2 Å². The number of nitrogens with zero attached hydrogens (tertiary/aromatic N) is 22. The molecule has 0 aliphatic carbocycles. The Morgan fingerprint density at radius 3 is 1.16 bits per heavy atom. The van der Waals surface area contributed by atoms with Gasteiger partial charge in [0, 0.05) is 106 Å². The predicted octanol–water partition coefficient (Wildman–Crippen LogP) is 21.7. The molecule has 5 aliphatic heterocycles. The summed E-state index contributed by atoms with van der Waals surface area (Å²) < 4.78 is 24.9. The molecule has 0 saturated carbocycles. The number of ether oxygens (including phenoxy) is 2. The van der Waals surface area contributed by atoms with E-state index >= 15 is 0 Å². The lowest BCUT2D eigenvalue weighted by molar-refractivity contribution is 0.237. The summed E-state index contributed by atoms with van der Waals surface area (Å²) in [6.07, 6.45) is 30.7. The van der Waals surface area contributed by atoms with Crippen molar-refractivity contribution >= 4 is 131 Å². The van der Waals surface area contributed by atoms with Gasteiger partial charge in [-0.25, -0.2) is 59.2 Å². The number of piperidine rings is 5. The van der Waals surface area contributed by atoms with Crippen LogP contribution >= 0.6 is 46.4 Å². The van der Waals surface area contributed by atoms with Crippen molar-refractivity contribution in [3.05, 3.63) is 154 Å². The van der Waals surface area contributed by atoms with Crippen molar-refractivity contribution < 1.29 is 13.9 Å². The van der Waals surface area contributed by atoms with Crippen molar-refractivity contribution in [2.75, 3.05) is 104 Å². The fourth-order valence-corrected chi connectivity index (χ4v) is 18.1. The summed E-state index contributed by atoms with van der Waals surface area (Å²) in [5, 5.41) is 38.6. The lowest BCUT2D eigenvalue weighted by Gasteiger charge is -2.39. The first-order chi connectivity index (χ1) is 62.2. The average Bonchev–Trinajstić information content (AvgIpc) is 1.67. The molecule has 674 valence electrons. The quantitative estimate of drug-likeness (QED) is 0.0561. The van der Waals surface area contributed by atoms with E-state index in [0.29, 0.717) is 98.0 Å². The highest BCUT2D eigenvalue weighted by Gasteiger charge is 2.35. The van der Waals surface area contributed by atoms with Crippen LogP contribution in [0.4, 0.5) is 33.5 Å². The molecule has 29 nitrogen and oxygen atoms in total. The first-order valence-electron chi connectivity index (χ1n) is 44.6. The van der Waals surface area contributed by atoms with Gasteiger partial charge < -0.3 is 34.0 Å². The second kappa shape index (κ2) is 38.6. The van der Waals surface area contributed by atoms with E-state index in [9.17, 15) is 4.39 Å². The van der Waals surface area contributed by atoms with Crippen LogP contribution < -0.4 is 34.0 Å². The van der Waals surface area contributed by atoms with Crippen molar-refractivity contribution in [1.29, 1.82) is 0 Å². The molecule has 3 aromatic carbocycles. The molecule has 0 spiro atoms. The molecule has 12 aromatic heterocycles. The summed E-state index contributed by atoms with van der Waals surface area (Å²) in [6.45, 7) is 35.3. The Kier molecular flexibility index (Phi) is 27.2. The molecule has 0 radical (unpaired) electrons. The number of H-pyrrole nitrogens is 5. The van der Waals surface area contributed by atoms with Gasteiger partial charge in [-0.2, -0.15) is 25.5 Å². The molecule has 15 aromatic rings. The lowest BCUT2D eigenvalue weighted by Crippen LogP contribution is -2.38. The molecule has 5 fully saturated rings. The van der Waals surface area contributed by atoms with Crippen LogP contribution in [0.1, 0.15) is 165 Å². The van der Waals surface area contributed by atoms with Crippen LogP contribution in [0.15, 0.2) is 122 Å². The van der Waals surface area contributed by atoms with E-state index in [-0.39, 0.29) is 5.56 Å². The van der Waals surface area contributed by atoms with Gasteiger partial charge in [-0.1, -0.05) is 153 Å². The smallest absolute Gasteiger partial charge is 0.202 e. The summed E-state index contributed by atoms with van der Waals surface area (Å²) in [7, 11) is 3.28. The number of aryl methyl sites for hydroxylation is 1. The van der Waals surface area contributed by atoms with Crippen LogP contribution in [-0.2, 0) is 0 Å². The van der Waals surface area contributed by atoms with Crippen molar-refractivity contribution in [2.45, 2.75) is 166 Å². The molecule has 0 amide bonds. The zero-order valence-electron chi connectivity index (χ0n) is 75.6. The minimum absolute atomic E-state index is 0.272. The van der Waals surface area contributed by atoms with Gasteiger partial charge in [-0.15, -0.1) is 0 Å². The highest BCUT2D eigenvalue weighted by Crippen LogP contribution is 2.44.